The fourth-order valence-corrected chi connectivity index (χ4v) is 4.66. The standard InChI is InChI=1S/C23H37NO9/c1-6-15(18(27)32-5)12-14(3)16(25)21(4,29)9-7-8-13(2)17(26)23(31)19-22(30,10-11-33-19)24-20(23)28/h12-13,15-16,19,25,29-31H,6-11H2,1-5H3,(H,24,28)/b14-12+/t13?,15?,16-,19+,21+,22+,23+/m1/s1. The van der Waals surface area contributed by atoms with Gasteiger partial charge >= 0.3 is 5.97 Å². The van der Waals surface area contributed by atoms with Crippen LogP contribution in [0.25, 0.3) is 0 Å². The summed E-state index contributed by atoms with van der Waals surface area (Å²) in [7, 11) is 1.29. The molecule has 5 N–H and O–H groups in total. The second kappa shape index (κ2) is 10.2. The molecule has 33 heavy (non-hydrogen) atoms. The second-order valence-electron chi connectivity index (χ2n) is 9.51. The molecule has 2 fully saturated rings. The van der Waals surface area contributed by atoms with Gasteiger partial charge in [0, 0.05) is 12.3 Å². The zero-order valence-electron chi connectivity index (χ0n) is 20.0. The largest absolute Gasteiger partial charge is 0.469 e. The highest BCUT2D eigenvalue weighted by molar-refractivity contribution is 6.12. The van der Waals surface area contributed by atoms with Gasteiger partial charge in [0.25, 0.3) is 5.91 Å². The van der Waals surface area contributed by atoms with Crippen molar-refractivity contribution in [1.29, 1.82) is 0 Å². The molecule has 0 spiro atoms. The van der Waals surface area contributed by atoms with Crippen molar-refractivity contribution in [3.8, 4) is 0 Å². The molecule has 2 rings (SSSR count). The predicted octanol–water partition coefficient (Wildman–Crippen LogP) is -0.0423. The molecule has 0 aromatic heterocycles. The van der Waals surface area contributed by atoms with Crippen molar-refractivity contribution in [2.75, 3.05) is 13.7 Å². The van der Waals surface area contributed by atoms with E-state index in [1.807, 2.05) is 6.92 Å². The number of rotatable bonds is 11. The van der Waals surface area contributed by atoms with Crippen LogP contribution in [0.3, 0.4) is 0 Å². The van der Waals surface area contributed by atoms with Crippen LogP contribution in [0.4, 0.5) is 0 Å². The van der Waals surface area contributed by atoms with Gasteiger partial charge < -0.3 is 35.2 Å². The van der Waals surface area contributed by atoms with Gasteiger partial charge in [0.05, 0.1) is 25.2 Å². The van der Waals surface area contributed by atoms with E-state index in [-0.39, 0.29) is 25.9 Å². The van der Waals surface area contributed by atoms with Crippen LogP contribution in [0.15, 0.2) is 11.6 Å². The number of hydrogen-bond acceptors (Lipinski definition) is 9. The maximum absolute atomic E-state index is 12.9. The highest BCUT2D eigenvalue weighted by Gasteiger charge is 2.68. The van der Waals surface area contributed by atoms with Crippen LogP contribution in [-0.2, 0) is 23.9 Å². The zero-order valence-corrected chi connectivity index (χ0v) is 20.0. The lowest BCUT2D eigenvalue weighted by molar-refractivity contribution is -0.166. The lowest BCUT2D eigenvalue weighted by Gasteiger charge is -2.31. The molecule has 2 unspecified atom stereocenters. The van der Waals surface area contributed by atoms with E-state index in [0.29, 0.717) is 18.4 Å². The number of esters is 1. The van der Waals surface area contributed by atoms with Crippen molar-refractivity contribution < 1.29 is 44.3 Å². The zero-order chi connectivity index (χ0) is 25.2. The molecule has 0 aliphatic carbocycles. The molecule has 0 bridgehead atoms. The molecule has 0 radical (unpaired) electrons. The van der Waals surface area contributed by atoms with E-state index in [9.17, 15) is 34.8 Å². The van der Waals surface area contributed by atoms with E-state index in [4.69, 9.17) is 9.47 Å². The van der Waals surface area contributed by atoms with Crippen molar-refractivity contribution in [3.63, 3.8) is 0 Å². The summed E-state index contributed by atoms with van der Waals surface area (Å²) in [6.07, 6.45) is 0.191. The van der Waals surface area contributed by atoms with E-state index < -0.39 is 58.6 Å². The summed E-state index contributed by atoms with van der Waals surface area (Å²) in [6, 6.07) is 0. The van der Waals surface area contributed by atoms with Crippen LogP contribution in [0.5, 0.6) is 0 Å². The van der Waals surface area contributed by atoms with Crippen LogP contribution in [0.1, 0.15) is 59.8 Å². The Morgan fingerprint density at radius 1 is 1.39 bits per heavy atom. The molecule has 1 amide bonds. The van der Waals surface area contributed by atoms with E-state index in [0.717, 1.165) is 0 Å². The number of fused-ring (bicyclic) bond motifs is 1. The average molecular weight is 472 g/mol. The summed E-state index contributed by atoms with van der Waals surface area (Å²) in [5.74, 6) is -3.47. The Kier molecular flexibility index (Phi) is 8.46. The van der Waals surface area contributed by atoms with Gasteiger partial charge in [0.1, 0.15) is 12.2 Å². The molecular weight excluding hydrogens is 434 g/mol. The Hall–Kier alpha value is -1.85. The van der Waals surface area contributed by atoms with Gasteiger partial charge in [-0.3, -0.25) is 14.4 Å². The number of Topliss-reactive ketones (excluding diaryl/α,β-unsaturated/α-hetero) is 1. The number of aliphatic hydroxyl groups is 4. The van der Waals surface area contributed by atoms with Crippen LogP contribution < -0.4 is 5.32 Å². The van der Waals surface area contributed by atoms with Crippen molar-refractivity contribution in [2.24, 2.45) is 11.8 Å². The first-order valence-electron chi connectivity index (χ1n) is 11.3. The van der Waals surface area contributed by atoms with E-state index in [1.54, 1.807) is 19.9 Å². The maximum Gasteiger partial charge on any atom is 0.312 e. The number of methoxy groups -OCH3 is 1. The molecule has 0 aromatic carbocycles. The minimum absolute atomic E-state index is 0.0792. The average Bonchev–Trinajstić information content (AvgIpc) is 3.23. The van der Waals surface area contributed by atoms with Gasteiger partial charge in [0.2, 0.25) is 5.60 Å². The molecule has 2 aliphatic heterocycles. The summed E-state index contributed by atoms with van der Waals surface area (Å²) in [4.78, 5) is 37.0. The first kappa shape index (κ1) is 27.4. The fraction of sp³-hybridized carbons (Fsp3) is 0.783. The third-order valence-corrected chi connectivity index (χ3v) is 6.83. The number of amides is 1. The van der Waals surface area contributed by atoms with Gasteiger partial charge in [-0.2, -0.15) is 0 Å². The third-order valence-electron chi connectivity index (χ3n) is 6.83. The quantitative estimate of drug-likeness (QED) is 0.158. The van der Waals surface area contributed by atoms with Gasteiger partial charge in [-0.05, 0) is 45.1 Å². The SMILES string of the molecule is CCC(/C=C(\C)[C@@H](O)[C@@](C)(O)CCCC(C)C(=O)[C@@]1(O)C(=O)N[C@]2(O)CCO[C@H]12)C(=O)OC. The molecular formula is C23H37NO9. The molecule has 7 atom stereocenters. The van der Waals surface area contributed by atoms with Crippen molar-refractivity contribution in [2.45, 2.75) is 88.9 Å². The minimum Gasteiger partial charge on any atom is -0.469 e. The maximum atomic E-state index is 12.9. The molecule has 2 heterocycles. The summed E-state index contributed by atoms with van der Waals surface area (Å²) in [5, 5.41) is 45.0. The summed E-state index contributed by atoms with van der Waals surface area (Å²) >= 11 is 0. The van der Waals surface area contributed by atoms with Gasteiger partial charge in [-0.1, -0.05) is 19.9 Å². The Morgan fingerprint density at radius 3 is 2.61 bits per heavy atom. The Balaban J connectivity index is 1.98. The molecule has 2 aliphatic rings. The smallest absolute Gasteiger partial charge is 0.312 e. The Bertz CT molecular complexity index is 795. The fourth-order valence-electron chi connectivity index (χ4n) is 4.66. The highest BCUT2D eigenvalue weighted by Crippen LogP contribution is 2.39. The van der Waals surface area contributed by atoms with Crippen molar-refractivity contribution in [3.05, 3.63) is 11.6 Å². The normalized spacial score (nSPS) is 31.8. The lowest BCUT2D eigenvalue weighted by Crippen LogP contribution is -2.56. The van der Waals surface area contributed by atoms with E-state index in [2.05, 4.69) is 5.32 Å². The van der Waals surface area contributed by atoms with Crippen molar-refractivity contribution in [1.82, 2.24) is 5.32 Å². The third kappa shape index (κ3) is 5.30. The number of nitrogens with one attached hydrogen (secondary N) is 1. The summed E-state index contributed by atoms with van der Waals surface area (Å²) in [5.41, 5.74) is -5.35. The van der Waals surface area contributed by atoms with Crippen LogP contribution in [0, 0.1) is 11.8 Å². The number of ketones is 1. The predicted molar refractivity (Wildman–Crippen MR) is 117 cm³/mol. The molecule has 0 saturated carbocycles. The molecule has 0 aromatic rings. The topological polar surface area (TPSA) is 163 Å². The minimum atomic E-state index is -2.48. The number of aliphatic hydroxyl groups excluding tert-OH is 1. The van der Waals surface area contributed by atoms with E-state index in [1.165, 1.54) is 14.0 Å². The lowest BCUT2D eigenvalue weighted by atomic mass is 9.81. The van der Waals surface area contributed by atoms with Gasteiger partial charge in [-0.15, -0.1) is 0 Å². The molecule has 10 heteroatoms. The van der Waals surface area contributed by atoms with Crippen molar-refractivity contribution >= 4 is 17.7 Å². The van der Waals surface area contributed by atoms with Crippen LogP contribution in [-0.4, -0.2) is 80.9 Å². The van der Waals surface area contributed by atoms with Gasteiger partial charge in [0.15, 0.2) is 11.5 Å². The van der Waals surface area contributed by atoms with Crippen LogP contribution in [0.2, 0.25) is 0 Å². The number of carbonyl (C=O) groups excluding carboxylic acids is 3. The van der Waals surface area contributed by atoms with Gasteiger partial charge in [-0.25, -0.2) is 0 Å². The monoisotopic (exact) mass is 471 g/mol. The number of ether oxygens (including phenoxy) is 2. The van der Waals surface area contributed by atoms with Crippen LogP contribution >= 0.6 is 0 Å². The number of carbonyl (C=O) groups is 3. The molecule has 10 nitrogen and oxygen atoms in total. The first-order valence-corrected chi connectivity index (χ1v) is 11.3. The summed E-state index contributed by atoms with van der Waals surface area (Å²) < 4.78 is 10.0. The number of hydrogen-bond donors (Lipinski definition) is 5. The Morgan fingerprint density at radius 2 is 2.03 bits per heavy atom. The highest BCUT2D eigenvalue weighted by atomic mass is 16.5. The molecule has 188 valence electrons. The van der Waals surface area contributed by atoms with E-state index >= 15 is 0 Å². The first-order chi connectivity index (χ1) is 15.2. The summed E-state index contributed by atoms with van der Waals surface area (Å²) in [6.45, 7) is 6.55. The Labute approximate surface area is 194 Å². The molecule has 2 saturated heterocycles. The second-order valence-corrected chi connectivity index (χ2v) is 9.51.